The van der Waals surface area contributed by atoms with Crippen molar-refractivity contribution in [1.82, 2.24) is 74.9 Å². The molecular weight excluding hydrogens is 1460 g/mol. The second kappa shape index (κ2) is 35.1. The summed E-state index contributed by atoms with van der Waals surface area (Å²) in [6.07, 6.45) is -19.4. The number of thioether (sulfide) groups is 3. The van der Waals surface area contributed by atoms with Crippen molar-refractivity contribution in [2.45, 2.75) is 224 Å². The molecule has 18 atom stereocenters. The van der Waals surface area contributed by atoms with Gasteiger partial charge in [0.1, 0.15) is 54.1 Å². The number of aliphatic hydroxyl groups excluding tert-OH is 7. The number of hydrogen-bond acceptors (Lipinski definition) is 30. The fraction of sp³-hybridized carbons (Fsp3) is 0.583. The van der Waals surface area contributed by atoms with Crippen LogP contribution in [0.4, 0.5) is 30.6 Å². The average molecular weight is 1590 g/mol. The Morgan fingerprint density at radius 2 is 0.815 bits per heavy atom. The van der Waals surface area contributed by atoms with Gasteiger partial charge in [0.15, 0.2) is 66.4 Å². The summed E-state index contributed by atoms with van der Waals surface area (Å²) in [6.45, 7) is -3.37. The minimum absolute atomic E-state index is 0.0135. The van der Waals surface area contributed by atoms with Gasteiger partial charge in [0.05, 0.1) is 101 Å². The Morgan fingerprint density at radius 1 is 0.472 bits per heavy atom. The van der Waals surface area contributed by atoms with Crippen molar-refractivity contribution in [2.75, 3.05) is 72.6 Å². The van der Waals surface area contributed by atoms with Crippen molar-refractivity contribution in [3.63, 3.8) is 0 Å². The zero-order valence-electron chi connectivity index (χ0n) is 88.8. The molecule has 6 aliphatic rings. The number of halogens is 3. The van der Waals surface area contributed by atoms with E-state index in [0.717, 1.165) is 27.9 Å². The van der Waals surface area contributed by atoms with Crippen molar-refractivity contribution in [3.05, 3.63) is 105 Å². The Balaban J connectivity index is 0.000000176. The van der Waals surface area contributed by atoms with Crippen LogP contribution in [0, 0.1) is 38.2 Å². The molecule has 3 aromatic carbocycles. The highest BCUT2D eigenvalue weighted by Gasteiger charge is 2.49. The molecule has 0 spiro atoms. The third kappa shape index (κ3) is 17.5. The van der Waals surface area contributed by atoms with Crippen LogP contribution in [0.2, 0.25) is 0 Å². The summed E-state index contributed by atoms with van der Waals surface area (Å²) in [5, 5.41) is 124. The third-order valence-corrected chi connectivity index (χ3v) is 19.9. The van der Waals surface area contributed by atoms with Crippen molar-refractivity contribution in [3.8, 4) is 0 Å². The van der Waals surface area contributed by atoms with Crippen LogP contribution in [0.3, 0.4) is 0 Å². The molecule has 108 heavy (non-hydrogen) atoms. The van der Waals surface area contributed by atoms with E-state index >= 15 is 0 Å². The molecular formula is C72H93F3N18O12S3. The second-order valence-corrected chi connectivity index (χ2v) is 27.3. The van der Waals surface area contributed by atoms with Crippen LogP contribution in [-0.2, 0) is 14.2 Å². The predicted octanol–water partition coefficient (Wildman–Crippen LogP) is 6.55. The fourth-order valence-corrected chi connectivity index (χ4v) is 13.5. The molecule has 15 rings (SSSR count). The van der Waals surface area contributed by atoms with Gasteiger partial charge in [-0.2, -0.15) is 0 Å². The van der Waals surface area contributed by atoms with E-state index in [-0.39, 0.29) is 147 Å². The van der Waals surface area contributed by atoms with Gasteiger partial charge in [-0.25, -0.2) is 57.1 Å². The summed E-state index contributed by atoms with van der Waals surface area (Å²) in [7, 11) is 0. The van der Waals surface area contributed by atoms with E-state index in [1.807, 2.05) is 0 Å². The van der Waals surface area contributed by atoms with Crippen LogP contribution in [0.1, 0.15) is 190 Å². The Morgan fingerprint density at radius 3 is 1.14 bits per heavy atom. The molecule has 0 radical (unpaired) electrons. The summed E-state index contributed by atoms with van der Waals surface area (Å²) >= 11 is 1.20. The minimum atomic E-state index is -3.45. The number of nitrogens with zero attached hydrogens (tertiary/aromatic N) is 15. The molecule has 6 saturated carbocycles. The number of benzene rings is 3. The standard InChI is InChI=1S/3C24H31FN6O4S/c3*1-3-8-36-24-27-22(26-16-10-14(16)13-5-4-12(2)15(25)9-13)19-23(28-24)31(30-29-19)17-11-18(35-7-6-32)21(34)20(17)33/h3*4-5,9,14,16-18,20-21,32-34H,3,6-8,10-11H2,1-2H3,(H,26,27,28)/t3*14-,16+,17+,18-,20-,21+/m000/s1/i4D,5D,6D2,7D2,8D2,9D,14D,16D;3D2,4D,5D,6D2,8D2,9D,14D,16D;3D2,4D,5D,8D2,9D,14D,16D. The normalized spacial score (nSPS) is 36.9. The molecule has 9 aromatic rings. The van der Waals surface area contributed by atoms with Crippen LogP contribution >= 0.6 is 35.3 Å². The van der Waals surface area contributed by atoms with Crippen LogP contribution in [-0.4, -0.2) is 250 Å². The first kappa shape index (κ1) is 48.6. The van der Waals surface area contributed by atoms with Crippen molar-refractivity contribution < 1.29 is 116 Å². The van der Waals surface area contributed by atoms with Gasteiger partial charge in [0.25, 0.3) is 0 Å². The highest BCUT2D eigenvalue weighted by molar-refractivity contribution is 7.99. The molecule has 6 aliphatic carbocycles. The monoisotopic (exact) mass is 1590 g/mol. The molecule has 0 unspecified atom stereocenters. The number of nitrogens with one attached hydrogen (secondary N) is 3. The van der Waals surface area contributed by atoms with Gasteiger partial charge in [0.2, 0.25) is 0 Å². The molecule has 0 saturated heterocycles. The zero-order chi connectivity index (χ0) is 104. The van der Waals surface area contributed by atoms with Gasteiger partial charge in [-0.1, -0.05) is 108 Å². The Bertz CT molecular complexity index is 6190. The highest BCUT2D eigenvalue weighted by atomic mass is 32.2. The molecule has 0 amide bonds. The lowest BCUT2D eigenvalue weighted by atomic mass is 10.1. The largest absolute Gasteiger partial charge is 0.394 e. The van der Waals surface area contributed by atoms with Gasteiger partial charge in [0, 0.05) is 89.9 Å². The number of hydrogen-bond donors (Lipinski definition) is 12. The van der Waals surface area contributed by atoms with E-state index in [1.165, 1.54) is 20.8 Å². The van der Waals surface area contributed by atoms with E-state index < -0.39 is 260 Å². The number of aliphatic hydroxyl groups is 9. The lowest BCUT2D eigenvalue weighted by Crippen LogP contribution is -2.33. The Labute approximate surface area is 676 Å². The summed E-state index contributed by atoms with van der Waals surface area (Å²) in [5.41, 5.74) is -10.0. The summed E-state index contributed by atoms with van der Waals surface area (Å²) in [6, 6.07) is -15.1. The molecule has 0 aliphatic heterocycles. The Kier molecular flexibility index (Phi) is 15.8. The number of fused-ring (bicyclic) bond motifs is 3. The summed E-state index contributed by atoms with van der Waals surface area (Å²) in [5.74, 6) is -10.3. The van der Waals surface area contributed by atoms with E-state index in [9.17, 15) is 54.0 Å². The predicted molar refractivity (Wildman–Crippen MR) is 398 cm³/mol. The van der Waals surface area contributed by atoms with Gasteiger partial charge < -0.3 is 76.1 Å². The number of ether oxygens (including phenoxy) is 3. The summed E-state index contributed by atoms with van der Waals surface area (Å²) in [4.78, 5) is 25.7. The van der Waals surface area contributed by atoms with E-state index in [1.54, 1.807) is 6.92 Å². The van der Waals surface area contributed by atoms with Gasteiger partial charge in [-0.15, -0.1) is 15.3 Å². The molecule has 6 heterocycles. The smallest absolute Gasteiger partial charge is 0.191 e. The lowest BCUT2D eigenvalue weighted by Gasteiger charge is -2.17. The van der Waals surface area contributed by atoms with Gasteiger partial charge in [-0.05, 0) is 111 Å². The van der Waals surface area contributed by atoms with Gasteiger partial charge in [-0.3, -0.25) is 0 Å². The molecule has 6 aromatic heterocycles. The Hall–Kier alpha value is -7.14. The molecule has 30 nitrogen and oxygen atoms in total. The average Bonchev–Trinajstić information content (AvgIpc) is 1.53. The van der Waals surface area contributed by atoms with Crippen LogP contribution in [0.15, 0.2) is 69.9 Å². The molecule has 36 heteroatoms. The topological polar surface area (TPSA) is 415 Å². The maximum Gasteiger partial charge on any atom is 0.191 e. The minimum Gasteiger partial charge on any atom is -0.394 e. The molecule has 12 N–H and O–H groups in total. The first-order valence-corrected chi connectivity index (χ1v) is 35.8. The van der Waals surface area contributed by atoms with Crippen LogP contribution < -0.4 is 16.0 Å². The SMILES string of the molecule is [2H]c1c([2H])c([C@]2([2H])C[C@@]2([2H])Nc2nc(SC([2H])([2H])C([2H])([2H])C)nc3c2nnn3[C@@H]2C[C@H](OCC([2H])([2H])O)[C@@H](O)[C@H]2O)c([2H])c(F)c1C.[2H]c1c([2H])c([C@]2([2H])C[C@@]2([2H])Nc2nc(SC([2H])([2H])C([2H])([2H])C)nc3c2nnn3[C@@H]2C[C@H](OCCO)[C@@H](O)[C@H]2O)c([2H])c(F)c1C.[2H]c1c([2H])c([C@]2([2H])C[C@@]2([2H])Nc2nc(SC([2H])([2H])CC)nc3c2nnn3[C@@H]2C[C@H](OC([2H])([2H])C([2H])([2H])O)[C@@H](O)[C@H]2O)c([2H])c(F)c1C. The number of rotatable bonds is 30. The highest BCUT2D eigenvalue weighted by Crippen LogP contribution is 2.48. The first-order valence-electron chi connectivity index (χ1n) is 48.8. The fourth-order valence-electron chi connectivity index (χ4n) is 12.1. The quantitative estimate of drug-likeness (QED) is 0.0168. The zero-order valence-corrected chi connectivity index (χ0v) is 60.3. The van der Waals surface area contributed by atoms with E-state index in [4.69, 9.17) is 61.8 Å². The summed E-state index contributed by atoms with van der Waals surface area (Å²) < 4.78 is 317. The van der Waals surface area contributed by atoms with Crippen molar-refractivity contribution in [1.29, 1.82) is 0 Å². The number of aromatic nitrogens is 15. The molecule has 0 bridgehead atoms. The molecule has 582 valence electrons. The maximum absolute atomic E-state index is 14.8. The number of anilines is 3. The maximum atomic E-state index is 14.8. The van der Waals surface area contributed by atoms with Crippen molar-refractivity contribution >= 4 is 86.2 Å². The van der Waals surface area contributed by atoms with Crippen LogP contribution in [0.25, 0.3) is 33.5 Å². The first-order chi connectivity index (χ1) is 63.7. The van der Waals surface area contributed by atoms with Crippen LogP contribution in [0.5, 0.6) is 0 Å². The van der Waals surface area contributed by atoms with Gasteiger partial charge >= 0.3 is 0 Å². The van der Waals surface area contributed by atoms with Crippen molar-refractivity contribution in [2.24, 2.45) is 0 Å². The van der Waals surface area contributed by atoms with E-state index in [2.05, 4.69) is 76.8 Å². The third-order valence-electron chi connectivity index (χ3n) is 17.8. The molecule has 6 fully saturated rings. The second-order valence-electron chi connectivity index (χ2n) is 24.9. The van der Waals surface area contributed by atoms with E-state index in [0.29, 0.717) is 23.5 Å². The lowest BCUT2D eigenvalue weighted by molar-refractivity contribution is -0.0629.